The molecule has 0 spiro atoms. The van der Waals surface area contributed by atoms with E-state index in [1.807, 2.05) is 0 Å². The highest BCUT2D eigenvalue weighted by Crippen LogP contribution is 2.15. The molecule has 0 aliphatic carbocycles. The molecule has 2 aromatic carbocycles. The Labute approximate surface area is 138 Å². The molecule has 0 aromatic heterocycles. The molecule has 2 aromatic rings. The van der Waals surface area contributed by atoms with Gasteiger partial charge < -0.3 is 20.7 Å². The third-order valence-electron chi connectivity index (χ3n) is 3.11. The fraction of sp³-hybridized carbons (Fsp3) is 0.0714. The van der Waals surface area contributed by atoms with Crippen molar-refractivity contribution in [3.8, 4) is 0 Å². The van der Waals surface area contributed by atoms with E-state index < -0.39 is 12.0 Å². The Balaban J connectivity index is 1.94. The van der Waals surface area contributed by atoms with Gasteiger partial charge in [0.25, 0.3) is 5.69 Å². The molecule has 118 valence electrons. The molecule has 0 unspecified atom stereocenters. The first kappa shape index (κ1) is 16.9. The summed E-state index contributed by atoms with van der Waals surface area (Å²) in [6, 6.07) is 12.7. The second kappa shape index (κ2) is 7.68. The van der Waals surface area contributed by atoms with Gasteiger partial charge in [-0.25, -0.2) is 0 Å². The number of thiocarbonyl (C=S) groups is 1. The molecule has 0 aliphatic heterocycles. The van der Waals surface area contributed by atoms with Crippen molar-refractivity contribution < 1.29 is 15.0 Å². The zero-order valence-electron chi connectivity index (χ0n) is 12.0. The molecule has 0 radical (unpaired) electrons. The summed E-state index contributed by atoms with van der Waals surface area (Å²) in [5.41, 5.74) is 1.72. The number of hydrogen-bond acceptors (Lipinski definition) is 5. The number of benzene rings is 2. The van der Waals surface area contributed by atoms with Crippen LogP contribution in [0.25, 0.3) is 0 Å². The maximum Gasteiger partial charge on any atom is 0.488 e. The van der Waals surface area contributed by atoms with E-state index in [0.29, 0.717) is 28.4 Å². The van der Waals surface area contributed by atoms with E-state index in [4.69, 9.17) is 12.2 Å². The Hall–Kier alpha value is -2.49. The summed E-state index contributed by atoms with van der Waals surface area (Å²) in [4.78, 5) is 10.1. The summed E-state index contributed by atoms with van der Waals surface area (Å²) < 4.78 is 0. The van der Waals surface area contributed by atoms with E-state index >= 15 is 0 Å². The fourth-order valence-electron chi connectivity index (χ4n) is 1.96. The maximum atomic E-state index is 10.6. The van der Waals surface area contributed by atoms with Crippen LogP contribution in [0.4, 0.5) is 11.4 Å². The van der Waals surface area contributed by atoms with Crippen molar-refractivity contribution in [2.24, 2.45) is 0 Å². The highest BCUT2D eigenvalue weighted by Gasteiger charge is 2.15. The van der Waals surface area contributed by atoms with Crippen molar-refractivity contribution >= 4 is 41.3 Å². The summed E-state index contributed by atoms with van der Waals surface area (Å²) in [5.74, 6) is 0. The van der Waals surface area contributed by atoms with E-state index in [-0.39, 0.29) is 5.69 Å². The van der Waals surface area contributed by atoms with Crippen LogP contribution in [0.2, 0.25) is 0 Å². The molecule has 0 amide bonds. The Bertz CT molecular complexity index is 709. The third kappa shape index (κ3) is 4.75. The smallest absolute Gasteiger partial charge is 0.423 e. The normalized spacial score (nSPS) is 10.0. The van der Waals surface area contributed by atoms with Gasteiger partial charge in [-0.1, -0.05) is 24.3 Å². The number of nitro benzene ring substituents is 1. The zero-order valence-corrected chi connectivity index (χ0v) is 12.8. The number of nitrogens with zero attached hydrogens (tertiary/aromatic N) is 1. The topological polar surface area (TPSA) is 108 Å². The molecule has 0 fully saturated rings. The van der Waals surface area contributed by atoms with Crippen LogP contribution in [0.5, 0.6) is 0 Å². The van der Waals surface area contributed by atoms with Gasteiger partial charge in [-0.05, 0) is 35.4 Å². The fourth-order valence-corrected chi connectivity index (χ4v) is 2.15. The molecule has 9 heteroatoms. The van der Waals surface area contributed by atoms with Crippen LogP contribution >= 0.6 is 12.2 Å². The maximum absolute atomic E-state index is 10.6. The van der Waals surface area contributed by atoms with Crippen molar-refractivity contribution in [1.29, 1.82) is 0 Å². The second-order valence-corrected chi connectivity index (χ2v) is 5.09. The average Bonchev–Trinajstić information content (AvgIpc) is 2.53. The van der Waals surface area contributed by atoms with Gasteiger partial charge in [-0.3, -0.25) is 10.1 Å². The minimum atomic E-state index is -1.55. The molecule has 0 heterocycles. The SMILES string of the molecule is O=[N+]([O-])c1ccc(NC(=S)NCc2ccccc2B(O)O)cc1. The van der Waals surface area contributed by atoms with Crippen molar-refractivity contribution in [3.63, 3.8) is 0 Å². The van der Waals surface area contributed by atoms with Gasteiger partial charge in [0.15, 0.2) is 5.11 Å². The number of nitro groups is 1. The van der Waals surface area contributed by atoms with Crippen LogP contribution < -0.4 is 16.1 Å². The molecule has 23 heavy (non-hydrogen) atoms. The average molecular weight is 331 g/mol. The largest absolute Gasteiger partial charge is 0.488 e. The van der Waals surface area contributed by atoms with Crippen molar-refractivity contribution in [2.75, 3.05) is 5.32 Å². The number of anilines is 1. The number of non-ortho nitro benzene ring substituents is 1. The van der Waals surface area contributed by atoms with E-state index in [0.717, 1.165) is 0 Å². The Morgan fingerprint density at radius 2 is 1.83 bits per heavy atom. The minimum Gasteiger partial charge on any atom is -0.423 e. The quantitative estimate of drug-likeness (QED) is 0.277. The first-order valence-electron chi connectivity index (χ1n) is 6.70. The van der Waals surface area contributed by atoms with Gasteiger partial charge in [-0.15, -0.1) is 0 Å². The van der Waals surface area contributed by atoms with Crippen LogP contribution in [0.1, 0.15) is 5.56 Å². The Morgan fingerprint density at radius 3 is 2.43 bits per heavy atom. The van der Waals surface area contributed by atoms with Gasteiger partial charge in [0.1, 0.15) is 0 Å². The lowest BCUT2D eigenvalue weighted by molar-refractivity contribution is -0.384. The molecule has 0 aliphatic rings. The predicted octanol–water partition coefficient (Wildman–Crippen LogP) is 0.761. The summed E-state index contributed by atoms with van der Waals surface area (Å²) in [7, 11) is -1.55. The van der Waals surface area contributed by atoms with Gasteiger partial charge in [0, 0.05) is 24.4 Å². The Kier molecular flexibility index (Phi) is 5.64. The number of hydrogen-bond donors (Lipinski definition) is 4. The molecule has 4 N–H and O–H groups in total. The van der Waals surface area contributed by atoms with Gasteiger partial charge in [0.05, 0.1) is 4.92 Å². The van der Waals surface area contributed by atoms with Crippen molar-refractivity contribution in [2.45, 2.75) is 6.54 Å². The van der Waals surface area contributed by atoms with Crippen LogP contribution in [0.3, 0.4) is 0 Å². The van der Waals surface area contributed by atoms with Crippen LogP contribution in [0, 0.1) is 10.1 Å². The highest BCUT2D eigenvalue weighted by molar-refractivity contribution is 7.80. The monoisotopic (exact) mass is 331 g/mol. The highest BCUT2D eigenvalue weighted by atomic mass is 32.1. The summed E-state index contributed by atoms with van der Waals surface area (Å²) in [5, 5.41) is 35.4. The van der Waals surface area contributed by atoms with Crippen LogP contribution in [-0.2, 0) is 6.54 Å². The molecular formula is C14H14BN3O4S. The first-order valence-corrected chi connectivity index (χ1v) is 7.11. The third-order valence-corrected chi connectivity index (χ3v) is 3.36. The molecule has 0 saturated heterocycles. The van der Waals surface area contributed by atoms with E-state index in [1.165, 1.54) is 12.1 Å². The predicted molar refractivity (Wildman–Crippen MR) is 92.4 cm³/mol. The molecule has 0 bridgehead atoms. The summed E-state index contributed by atoms with van der Waals surface area (Å²) in [6.07, 6.45) is 0. The molecular weight excluding hydrogens is 317 g/mol. The lowest BCUT2D eigenvalue weighted by atomic mass is 9.77. The number of rotatable bonds is 5. The first-order chi connectivity index (χ1) is 11.0. The van der Waals surface area contributed by atoms with Gasteiger partial charge in [0.2, 0.25) is 0 Å². The summed E-state index contributed by atoms with van der Waals surface area (Å²) >= 11 is 5.15. The van der Waals surface area contributed by atoms with E-state index in [9.17, 15) is 20.2 Å². The molecule has 7 nitrogen and oxygen atoms in total. The Morgan fingerprint density at radius 1 is 1.17 bits per heavy atom. The van der Waals surface area contributed by atoms with E-state index in [1.54, 1.807) is 36.4 Å². The van der Waals surface area contributed by atoms with Crippen LogP contribution in [-0.4, -0.2) is 27.2 Å². The molecule has 2 rings (SSSR count). The molecule has 0 saturated carbocycles. The minimum absolute atomic E-state index is 0.000267. The second-order valence-electron chi connectivity index (χ2n) is 4.68. The van der Waals surface area contributed by atoms with Gasteiger partial charge >= 0.3 is 7.12 Å². The van der Waals surface area contributed by atoms with Gasteiger partial charge in [-0.2, -0.15) is 0 Å². The molecule has 0 atom stereocenters. The van der Waals surface area contributed by atoms with E-state index in [2.05, 4.69) is 10.6 Å². The van der Waals surface area contributed by atoms with Crippen LogP contribution in [0.15, 0.2) is 48.5 Å². The summed E-state index contributed by atoms with van der Waals surface area (Å²) in [6.45, 7) is 0.312. The number of nitrogens with one attached hydrogen (secondary N) is 2. The standard InChI is InChI=1S/C14H14BN3O4S/c19-15(20)13-4-2-1-3-10(13)9-16-14(23)17-11-5-7-12(8-6-11)18(21)22/h1-8,19-20H,9H2,(H2,16,17,23). The van der Waals surface area contributed by atoms with Crippen molar-refractivity contribution in [1.82, 2.24) is 5.32 Å². The van der Waals surface area contributed by atoms with Crippen molar-refractivity contribution in [3.05, 3.63) is 64.2 Å². The lowest BCUT2D eigenvalue weighted by Crippen LogP contribution is -2.36. The zero-order chi connectivity index (χ0) is 16.8. The lowest BCUT2D eigenvalue weighted by Gasteiger charge is -2.13.